The molecule has 1 rings (SSSR count). The van der Waals surface area contributed by atoms with Crippen LogP contribution in [0.5, 0.6) is 0 Å². The first-order valence-electron chi connectivity index (χ1n) is 24.0. The fourth-order valence-corrected chi connectivity index (χ4v) is 8.94. The zero-order valence-electron chi connectivity index (χ0n) is 35.7. The Labute approximate surface area is 326 Å². The molecule has 2 amide bonds. The molecule has 0 spiro atoms. The quantitative estimate of drug-likeness (QED) is 0.0503. The van der Waals surface area contributed by atoms with Crippen LogP contribution in [0, 0.1) is 17.8 Å². The Morgan fingerprint density at radius 1 is 0.462 bits per heavy atom. The molecule has 1 N–H and O–H groups in total. The Hall–Kier alpha value is -0.900. The lowest BCUT2D eigenvalue weighted by atomic mass is 9.76. The molecule has 1 saturated heterocycles. The smallest absolute Gasteiger partial charge is 0.234 e. The van der Waals surface area contributed by atoms with Gasteiger partial charge in [0.1, 0.15) is 6.73 Å². The van der Waals surface area contributed by atoms with Gasteiger partial charge < -0.3 is 5.11 Å². The second kappa shape index (κ2) is 37.0. The minimum atomic E-state index is -0.466. The van der Waals surface area contributed by atoms with E-state index in [2.05, 4.69) is 20.8 Å². The average molecular weight is 732 g/mol. The highest BCUT2D eigenvalue weighted by atomic mass is 16.3. The van der Waals surface area contributed by atoms with Crippen LogP contribution in [0.3, 0.4) is 0 Å². The van der Waals surface area contributed by atoms with E-state index in [-0.39, 0.29) is 23.7 Å². The van der Waals surface area contributed by atoms with Gasteiger partial charge in [0.15, 0.2) is 0 Å². The first kappa shape index (κ1) is 49.1. The van der Waals surface area contributed by atoms with Crippen LogP contribution in [-0.2, 0) is 9.59 Å². The van der Waals surface area contributed by atoms with Crippen molar-refractivity contribution in [3.63, 3.8) is 0 Å². The first-order chi connectivity index (χ1) is 25.6. The molecule has 1 aliphatic heterocycles. The molecule has 3 unspecified atom stereocenters. The van der Waals surface area contributed by atoms with E-state index in [9.17, 15) is 14.7 Å². The molecule has 0 aromatic rings. The maximum absolute atomic E-state index is 13.0. The fraction of sp³-hybridized carbons (Fsp3) is 0.958. The van der Waals surface area contributed by atoms with Crippen LogP contribution in [0.2, 0.25) is 0 Å². The van der Waals surface area contributed by atoms with Crippen molar-refractivity contribution in [1.29, 1.82) is 0 Å². The van der Waals surface area contributed by atoms with Crippen LogP contribution in [0.15, 0.2) is 0 Å². The molecule has 0 bridgehead atoms. The third kappa shape index (κ3) is 26.8. The standard InChI is InChI=1S/C48H93NO3/c1-4-6-8-10-12-14-15-16-17-18-19-20-21-22-23-24-25-26-27-28-29-30-31-32-33-34-36-38-40-44(3)45(41-39-37-35-13-11-9-7-5-2)46-42-47(51)49(43-50)48(46)52/h44-46,50H,4-43H2,1-3H3. The van der Waals surface area contributed by atoms with Crippen LogP contribution in [0.1, 0.15) is 271 Å². The SMILES string of the molecule is CCCCCCCCCCCCCCCCCCCCCCCCCCCCCCC(C)C(CCCCCCCCCC)C1CC(=O)N(CO)C1=O. The Bertz CT molecular complexity index is 784. The number of hydrogen-bond acceptors (Lipinski definition) is 3. The van der Waals surface area contributed by atoms with Crippen molar-refractivity contribution in [1.82, 2.24) is 4.90 Å². The van der Waals surface area contributed by atoms with E-state index < -0.39 is 6.73 Å². The van der Waals surface area contributed by atoms with Gasteiger partial charge in [-0.25, -0.2) is 0 Å². The van der Waals surface area contributed by atoms with Crippen molar-refractivity contribution in [2.75, 3.05) is 6.73 Å². The lowest BCUT2D eigenvalue weighted by Crippen LogP contribution is -2.34. The Morgan fingerprint density at radius 3 is 1.00 bits per heavy atom. The van der Waals surface area contributed by atoms with Crippen LogP contribution in [0.4, 0.5) is 0 Å². The summed E-state index contributed by atoms with van der Waals surface area (Å²) in [5, 5.41) is 9.58. The summed E-state index contributed by atoms with van der Waals surface area (Å²) in [4.78, 5) is 26.5. The molecule has 0 aromatic carbocycles. The summed E-state index contributed by atoms with van der Waals surface area (Å²) < 4.78 is 0. The zero-order chi connectivity index (χ0) is 37.7. The third-order valence-electron chi connectivity index (χ3n) is 12.6. The highest BCUT2D eigenvalue weighted by molar-refractivity contribution is 6.03. The molecule has 1 fully saturated rings. The van der Waals surface area contributed by atoms with Crippen LogP contribution in [0.25, 0.3) is 0 Å². The van der Waals surface area contributed by atoms with Gasteiger partial charge in [-0.1, -0.05) is 258 Å². The topological polar surface area (TPSA) is 57.6 Å². The fourth-order valence-electron chi connectivity index (χ4n) is 8.94. The van der Waals surface area contributed by atoms with E-state index >= 15 is 0 Å². The van der Waals surface area contributed by atoms with Gasteiger partial charge in [-0.3, -0.25) is 14.5 Å². The number of hydrogen-bond donors (Lipinski definition) is 1. The van der Waals surface area contributed by atoms with Gasteiger partial charge in [-0.15, -0.1) is 0 Å². The summed E-state index contributed by atoms with van der Waals surface area (Å²) in [5.41, 5.74) is 0. The molecular formula is C48H93NO3. The maximum atomic E-state index is 13.0. The van der Waals surface area contributed by atoms with Crippen molar-refractivity contribution in [2.24, 2.45) is 17.8 Å². The van der Waals surface area contributed by atoms with E-state index in [0.717, 1.165) is 24.2 Å². The second-order valence-corrected chi connectivity index (χ2v) is 17.4. The first-order valence-corrected chi connectivity index (χ1v) is 24.0. The van der Waals surface area contributed by atoms with E-state index in [0.29, 0.717) is 12.3 Å². The second-order valence-electron chi connectivity index (χ2n) is 17.4. The van der Waals surface area contributed by atoms with Crippen LogP contribution in [-0.4, -0.2) is 28.6 Å². The molecule has 52 heavy (non-hydrogen) atoms. The number of rotatable bonds is 41. The van der Waals surface area contributed by atoms with Gasteiger partial charge in [-0.2, -0.15) is 0 Å². The molecule has 1 heterocycles. The largest absolute Gasteiger partial charge is 0.376 e. The highest BCUT2D eigenvalue weighted by Crippen LogP contribution is 2.37. The molecule has 0 aromatic heterocycles. The van der Waals surface area contributed by atoms with E-state index in [4.69, 9.17) is 0 Å². The van der Waals surface area contributed by atoms with Crippen molar-refractivity contribution in [3.05, 3.63) is 0 Å². The van der Waals surface area contributed by atoms with Gasteiger partial charge >= 0.3 is 0 Å². The number of nitrogens with zero attached hydrogens (tertiary/aromatic N) is 1. The summed E-state index contributed by atoms with van der Waals surface area (Å²) in [6.45, 7) is 6.41. The monoisotopic (exact) mass is 732 g/mol. The zero-order valence-corrected chi connectivity index (χ0v) is 35.7. The minimum absolute atomic E-state index is 0.126. The number of imide groups is 1. The third-order valence-corrected chi connectivity index (χ3v) is 12.6. The molecule has 4 nitrogen and oxygen atoms in total. The predicted molar refractivity (Wildman–Crippen MR) is 226 cm³/mol. The van der Waals surface area contributed by atoms with Gasteiger partial charge in [0.2, 0.25) is 11.8 Å². The summed E-state index contributed by atoms with van der Waals surface area (Å²) >= 11 is 0. The van der Waals surface area contributed by atoms with Crippen molar-refractivity contribution < 1.29 is 14.7 Å². The molecule has 1 aliphatic rings. The van der Waals surface area contributed by atoms with Crippen LogP contribution >= 0.6 is 0 Å². The van der Waals surface area contributed by atoms with Gasteiger partial charge in [-0.05, 0) is 18.3 Å². The lowest BCUT2D eigenvalue weighted by Gasteiger charge is -2.28. The molecule has 4 heteroatoms. The minimum Gasteiger partial charge on any atom is -0.376 e. The van der Waals surface area contributed by atoms with E-state index in [1.807, 2.05) is 0 Å². The van der Waals surface area contributed by atoms with Crippen molar-refractivity contribution in [2.45, 2.75) is 271 Å². The van der Waals surface area contributed by atoms with Crippen molar-refractivity contribution >= 4 is 11.8 Å². The maximum Gasteiger partial charge on any atom is 0.234 e. The number of aliphatic hydroxyl groups is 1. The molecule has 0 saturated carbocycles. The summed E-state index contributed by atoms with van der Waals surface area (Å²) in [5.74, 6) is 0.185. The number of aliphatic hydroxyl groups excluding tert-OH is 1. The number of likely N-dealkylation sites (tertiary alicyclic amines) is 1. The molecule has 0 aliphatic carbocycles. The average Bonchev–Trinajstić information content (AvgIpc) is 3.43. The number of carbonyl (C=O) groups is 2. The van der Waals surface area contributed by atoms with E-state index in [1.165, 1.54) is 225 Å². The Balaban J connectivity index is 1.96. The molecular weight excluding hydrogens is 639 g/mol. The highest BCUT2D eigenvalue weighted by Gasteiger charge is 2.43. The number of unbranched alkanes of at least 4 members (excludes halogenated alkanes) is 34. The summed E-state index contributed by atoms with van der Waals surface area (Å²) in [6, 6.07) is 0. The van der Waals surface area contributed by atoms with Crippen molar-refractivity contribution in [3.8, 4) is 0 Å². The normalized spacial score (nSPS) is 16.0. The Morgan fingerprint density at radius 2 is 0.731 bits per heavy atom. The van der Waals surface area contributed by atoms with Crippen LogP contribution < -0.4 is 0 Å². The summed E-state index contributed by atoms with van der Waals surface area (Å²) in [7, 11) is 0. The van der Waals surface area contributed by atoms with Gasteiger partial charge in [0.05, 0.1) is 5.92 Å². The molecule has 3 atom stereocenters. The van der Waals surface area contributed by atoms with Gasteiger partial charge in [0, 0.05) is 6.42 Å². The number of amides is 2. The predicted octanol–water partition coefficient (Wildman–Crippen LogP) is 15.4. The number of carbonyl (C=O) groups excluding carboxylic acids is 2. The summed E-state index contributed by atoms with van der Waals surface area (Å²) in [6.07, 6.45) is 52.7. The molecule has 308 valence electrons. The van der Waals surface area contributed by atoms with Gasteiger partial charge in [0.25, 0.3) is 0 Å². The van der Waals surface area contributed by atoms with E-state index in [1.54, 1.807) is 0 Å². The molecule has 0 radical (unpaired) electrons. The lowest BCUT2D eigenvalue weighted by molar-refractivity contribution is -0.144. The Kier molecular flexibility index (Phi) is 35.0.